The summed E-state index contributed by atoms with van der Waals surface area (Å²) in [7, 11) is 2.60. The van der Waals surface area contributed by atoms with E-state index in [2.05, 4.69) is 30.3 Å². The number of hydrogen-bond donors (Lipinski definition) is 0. The van der Waals surface area contributed by atoms with Gasteiger partial charge in [-0.25, -0.2) is 0 Å². The summed E-state index contributed by atoms with van der Waals surface area (Å²) in [5.74, 6) is 2.07. The van der Waals surface area contributed by atoms with Gasteiger partial charge < -0.3 is 9.47 Å². The number of nitrogens with zero attached hydrogens (tertiary/aromatic N) is 6. The van der Waals surface area contributed by atoms with Gasteiger partial charge in [-0.3, -0.25) is 0 Å². The van der Waals surface area contributed by atoms with Crippen molar-refractivity contribution in [3.8, 4) is 23.1 Å². The van der Waals surface area contributed by atoms with Crippen molar-refractivity contribution in [3.05, 3.63) is 72.1 Å². The maximum atomic E-state index is 5.84. The Bertz CT molecular complexity index is 1290. The summed E-state index contributed by atoms with van der Waals surface area (Å²) < 4.78 is 17.3. The molecule has 0 bridgehead atoms. The number of benzene rings is 2. The van der Waals surface area contributed by atoms with Crippen LogP contribution in [0.5, 0.6) is 17.4 Å². The largest absolute Gasteiger partial charge is 0.481 e. The van der Waals surface area contributed by atoms with Crippen LogP contribution in [-0.2, 0) is 0 Å². The quantitative estimate of drug-likeness (QED) is 0.280. The van der Waals surface area contributed by atoms with E-state index in [-0.39, 0.29) is 0 Å². The molecular weight excluding hydrogens is 420 g/mol. The number of hydrogen-bond acceptors (Lipinski definition) is 8. The molecule has 5 aromatic rings. The van der Waals surface area contributed by atoms with Crippen molar-refractivity contribution < 1.29 is 9.47 Å². The lowest BCUT2D eigenvalue weighted by Gasteiger charge is -2.06. The second-order valence-electron chi connectivity index (χ2n) is 6.12. The first-order valence-electron chi connectivity index (χ1n) is 8.93. The highest BCUT2D eigenvalue weighted by molar-refractivity contribution is 8.44. The molecule has 2 aromatic carbocycles. The van der Waals surface area contributed by atoms with E-state index in [1.807, 2.05) is 66.7 Å². The fourth-order valence-corrected chi connectivity index (χ4v) is 5.57. The molecule has 30 heavy (non-hydrogen) atoms. The lowest BCUT2D eigenvalue weighted by molar-refractivity contribution is 0.399. The Kier molecular flexibility index (Phi) is 4.99. The van der Waals surface area contributed by atoms with Crippen molar-refractivity contribution in [2.24, 2.45) is 0 Å². The van der Waals surface area contributed by atoms with Crippen LogP contribution in [0.2, 0.25) is 0 Å². The summed E-state index contributed by atoms with van der Waals surface area (Å²) in [6.07, 6.45) is 0. The number of fused-ring (bicyclic) bond motifs is 1. The number of rotatable bonds is 6. The number of aromatic nitrogens is 6. The molecule has 3 heterocycles. The van der Waals surface area contributed by atoms with Gasteiger partial charge in [-0.05, 0) is 57.3 Å². The third-order valence-electron chi connectivity index (χ3n) is 4.15. The summed E-state index contributed by atoms with van der Waals surface area (Å²) in [4.78, 5) is 4.38. The van der Waals surface area contributed by atoms with E-state index in [1.54, 1.807) is 11.8 Å². The Balaban J connectivity index is 1.37. The lowest BCUT2D eigenvalue weighted by atomic mass is 10.3. The maximum absolute atomic E-state index is 5.84. The van der Waals surface area contributed by atoms with Gasteiger partial charge in [0, 0.05) is 6.07 Å². The Morgan fingerprint density at radius 2 is 1.73 bits per heavy atom. The summed E-state index contributed by atoms with van der Waals surface area (Å²) in [5.41, 5.74) is 1.51. The molecule has 148 valence electrons. The summed E-state index contributed by atoms with van der Waals surface area (Å²) >= 11 is 0. The van der Waals surface area contributed by atoms with Crippen LogP contribution >= 0.6 is 20.5 Å². The number of ether oxygens (including phenoxy) is 2. The topological polar surface area (TPSA) is 87.8 Å². The van der Waals surface area contributed by atoms with Gasteiger partial charge in [-0.2, -0.15) is 9.67 Å². The molecule has 3 aromatic heterocycles. The van der Waals surface area contributed by atoms with E-state index in [0.29, 0.717) is 16.7 Å². The normalized spacial score (nSPS) is 11.6. The molecule has 8 nitrogen and oxygen atoms in total. The summed E-state index contributed by atoms with van der Waals surface area (Å²) in [6.45, 7) is 0. The van der Waals surface area contributed by atoms with Crippen molar-refractivity contribution >= 4 is 31.5 Å². The minimum absolute atomic E-state index is 0.468. The van der Waals surface area contributed by atoms with Crippen LogP contribution in [0.1, 0.15) is 0 Å². The molecule has 0 spiro atoms. The van der Waals surface area contributed by atoms with Crippen LogP contribution in [-0.4, -0.2) is 36.7 Å². The zero-order chi connectivity index (χ0) is 20.3. The van der Waals surface area contributed by atoms with Gasteiger partial charge in [-0.15, -0.1) is 0 Å². The Labute approximate surface area is 178 Å². The molecule has 0 aliphatic heterocycles. The van der Waals surface area contributed by atoms with Gasteiger partial charge in [0.2, 0.25) is 22.3 Å². The Morgan fingerprint density at radius 3 is 2.53 bits per heavy atom. The van der Waals surface area contributed by atoms with Crippen LogP contribution in [0.15, 0.2) is 77.3 Å². The predicted molar refractivity (Wildman–Crippen MR) is 115 cm³/mol. The standard InChI is InChI=1S/C20H15N6O2S2/c1-27-18-12-7-14-13-30(23-19(14)21-18)29-20-22-24-25-26(20)15-8-10-17(11-9-15)28-16-5-3-2-4-6-16/h2-13H,1H3/q+1. The van der Waals surface area contributed by atoms with E-state index in [0.717, 1.165) is 22.6 Å². The third kappa shape index (κ3) is 3.82. The van der Waals surface area contributed by atoms with Crippen molar-refractivity contribution in [3.63, 3.8) is 0 Å². The van der Waals surface area contributed by atoms with Crippen LogP contribution in [0.4, 0.5) is 0 Å². The molecule has 0 aliphatic rings. The van der Waals surface area contributed by atoms with Crippen LogP contribution in [0.25, 0.3) is 16.7 Å². The van der Waals surface area contributed by atoms with Gasteiger partial charge in [0.15, 0.2) is 15.1 Å². The first kappa shape index (κ1) is 18.5. The van der Waals surface area contributed by atoms with Crippen molar-refractivity contribution in [2.75, 3.05) is 7.11 Å². The first-order chi connectivity index (χ1) is 14.8. The fourth-order valence-electron chi connectivity index (χ4n) is 2.73. The number of pyridine rings is 1. The molecule has 1 unspecified atom stereocenters. The second kappa shape index (κ2) is 8.09. The summed E-state index contributed by atoms with van der Waals surface area (Å²) in [5, 5.41) is 15.8. The SMILES string of the molecule is COc1ccc2c[s+](Sc3nnnn3-c3ccc(Oc4ccccc4)cc3)nc2n1. The monoisotopic (exact) mass is 435 g/mol. The molecule has 0 amide bonds. The average molecular weight is 436 g/mol. The molecule has 0 aliphatic carbocycles. The maximum Gasteiger partial charge on any atom is 0.273 e. The molecular formula is C20H15N6O2S2+. The van der Waals surface area contributed by atoms with Gasteiger partial charge in [-0.1, -0.05) is 23.3 Å². The third-order valence-corrected chi connectivity index (χ3v) is 7.01. The second-order valence-corrected chi connectivity index (χ2v) is 9.14. The number of tetrazole rings is 1. The first-order valence-corrected chi connectivity index (χ1v) is 11.5. The smallest absolute Gasteiger partial charge is 0.273 e. The van der Waals surface area contributed by atoms with E-state index in [4.69, 9.17) is 9.47 Å². The zero-order valence-electron chi connectivity index (χ0n) is 15.7. The molecule has 10 heteroatoms. The van der Waals surface area contributed by atoms with Crippen LogP contribution < -0.4 is 9.47 Å². The fraction of sp³-hybridized carbons (Fsp3) is 0.0500. The Hall–Kier alpha value is -3.50. The predicted octanol–water partition coefficient (Wildman–Crippen LogP) is 4.71. The molecule has 0 saturated heterocycles. The Morgan fingerprint density at radius 1 is 0.933 bits per heavy atom. The molecule has 0 saturated carbocycles. The number of methoxy groups -OCH3 is 1. The lowest BCUT2D eigenvalue weighted by Crippen LogP contribution is -1.98. The molecule has 1 atom stereocenters. The van der Waals surface area contributed by atoms with E-state index < -0.39 is 9.70 Å². The van der Waals surface area contributed by atoms with Gasteiger partial charge >= 0.3 is 0 Å². The molecule has 0 fully saturated rings. The van der Waals surface area contributed by atoms with Crippen molar-refractivity contribution in [1.29, 1.82) is 0 Å². The van der Waals surface area contributed by atoms with E-state index in [9.17, 15) is 0 Å². The zero-order valence-corrected chi connectivity index (χ0v) is 17.4. The van der Waals surface area contributed by atoms with Gasteiger partial charge in [0.05, 0.1) is 18.2 Å². The summed E-state index contributed by atoms with van der Waals surface area (Å²) in [6, 6.07) is 21.0. The van der Waals surface area contributed by atoms with Crippen LogP contribution in [0, 0.1) is 0 Å². The van der Waals surface area contributed by atoms with E-state index in [1.165, 1.54) is 10.8 Å². The van der Waals surface area contributed by atoms with Gasteiger partial charge in [0.25, 0.3) is 5.16 Å². The van der Waals surface area contributed by atoms with Crippen LogP contribution in [0.3, 0.4) is 0 Å². The van der Waals surface area contributed by atoms with Gasteiger partial charge in [0.1, 0.15) is 11.5 Å². The van der Waals surface area contributed by atoms with E-state index >= 15 is 0 Å². The molecule has 0 radical (unpaired) electrons. The minimum Gasteiger partial charge on any atom is -0.481 e. The highest BCUT2D eigenvalue weighted by Gasteiger charge is 2.22. The molecule has 5 rings (SSSR count). The highest BCUT2D eigenvalue weighted by atomic mass is 33.1. The minimum atomic E-state index is -0.468. The average Bonchev–Trinajstić information content (AvgIpc) is 3.41. The number of para-hydroxylation sites is 1. The van der Waals surface area contributed by atoms with Crippen molar-refractivity contribution in [2.45, 2.75) is 5.16 Å². The highest BCUT2D eigenvalue weighted by Crippen LogP contribution is 2.39. The molecule has 0 N–H and O–H groups in total. The van der Waals surface area contributed by atoms with Crippen molar-refractivity contribution in [1.82, 2.24) is 29.6 Å².